The van der Waals surface area contributed by atoms with Crippen LogP contribution in [0.4, 0.5) is 0 Å². The van der Waals surface area contributed by atoms with Gasteiger partial charge in [-0.3, -0.25) is 4.79 Å². The smallest absolute Gasteiger partial charge is 0.216 e. The lowest BCUT2D eigenvalue weighted by molar-refractivity contribution is -0.118. The summed E-state index contributed by atoms with van der Waals surface area (Å²) in [5, 5.41) is 6.12. The maximum Gasteiger partial charge on any atom is 0.216 e. The number of rotatable bonds is 7. The molecule has 2 atom stereocenters. The second-order valence-corrected chi connectivity index (χ2v) is 7.22. The quantitative estimate of drug-likeness (QED) is 0.717. The van der Waals surface area contributed by atoms with Gasteiger partial charge in [-0.2, -0.15) is 0 Å². The van der Waals surface area contributed by atoms with Crippen molar-refractivity contribution in [1.82, 2.24) is 10.6 Å². The van der Waals surface area contributed by atoms with Crippen molar-refractivity contribution in [3.8, 4) is 0 Å². The largest absolute Gasteiger partial charge is 0.467 e. The minimum atomic E-state index is -0.204. The van der Waals surface area contributed by atoms with Crippen LogP contribution in [0.2, 0.25) is 0 Å². The summed E-state index contributed by atoms with van der Waals surface area (Å²) in [6.45, 7) is 3.62. The lowest BCUT2D eigenvalue weighted by atomic mass is 10.0. The van der Waals surface area contributed by atoms with Gasteiger partial charge in [0.05, 0.1) is 11.6 Å². The normalized spacial score (nSPS) is 19.8. The Morgan fingerprint density at radius 2 is 1.90 bits per heavy atom. The first kappa shape index (κ1) is 19.2. The Morgan fingerprint density at radius 1 is 1.07 bits per heavy atom. The number of nitrogens with one attached hydrogen (secondary N) is 2. The molecule has 2 unspecified atom stereocenters. The minimum absolute atomic E-state index is 0.00675. The van der Waals surface area contributed by atoms with Crippen molar-refractivity contribution in [3.63, 3.8) is 0 Å². The Balaban J connectivity index is 1.39. The Bertz CT molecular complexity index is 963. The maximum absolute atomic E-state index is 10.9. The lowest BCUT2D eigenvalue weighted by Gasteiger charge is -2.18. The summed E-state index contributed by atoms with van der Waals surface area (Å²) in [6.07, 6.45) is 6.19. The number of ether oxygens (including phenoxy) is 1. The number of fused-ring (bicyclic) bond motifs is 1. The predicted molar refractivity (Wildman–Crippen MR) is 115 cm³/mol. The first-order valence-corrected chi connectivity index (χ1v) is 9.93. The van der Waals surface area contributed by atoms with Crippen LogP contribution in [0.5, 0.6) is 0 Å². The van der Waals surface area contributed by atoms with Crippen LogP contribution in [0, 0.1) is 5.92 Å². The number of dihydropyridines is 1. The minimum Gasteiger partial charge on any atom is -0.467 e. The number of hydrogen-bond donors (Lipinski definition) is 2. The monoisotopic (exact) mass is 387 g/mol. The van der Waals surface area contributed by atoms with Gasteiger partial charge in [0.2, 0.25) is 5.91 Å². The van der Waals surface area contributed by atoms with Gasteiger partial charge in [-0.05, 0) is 29.3 Å². The van der Waals surface area contributed by atoms with Gasteiger partial charge < -0.3 is 15.4 Å². The summed E-state index contributed by atoms with van der Waals surface area (Å²) in [4.78, 5) is 15.7. The number of aliphatic imine (C=N–C) groups is 1. The van der Waals surface area contributed by atoms with Crippen LogP contribution in [0.3, 0.4) is 0 Å². The molecule has 0 aromatic heterocycles. The third-order valence-electron chi connectivity index (χ3n) is 4.95. The van der Waals surface area contributed by atoms with E-state index in [1.54, 1.807) is 0 Å². The highest BCUT2D eigenvalue weighted by atomic mass is 16.5. The van der Waals surface area contributed by atoms with E-state index in [1.165, 1.54) is 12.5 Å². The molecule has 0 spiro atoms. The molecule has 1 amide bonds. The van der Waals surface area contributed by atoms with Crippen molar-refractivity contribution in [2.24, 2.45) is 10.9 Å². The second-order valence-electron chi connectivity index (χ2n) is 7.22. The molecule has 0 saturated heterocycles. The van der Waals surface area contributed by atoms with Gasteiger partial charge in [-0.25, -0.2) is 4.99 Å². The van der Waals surface area contributed by atoms with Crippen LogP contribution in [0.25, 0.3) is 5.76 Å². The molecule has 29 heavy (non-hydrogen) atoms. The van der Waals surface area contributed by atoms with Crippen molar-refractivity contribution < 1.29 is 9.53 Å². The molecule has 0 bridgehead atoms. The highest BCUT2D eigenvalue weighted by Crippen LogP contribution is 2.34. The summed E-state index contributed by atoms with van der Waals surface area (Å²) in [5.74, 6) is 1.03. The van der Waals surface area contributed by atoms with Gasteiger partial charge in [-0.15, -0.1) is 0 Å². The first-order chi connectivity index (χ1) is 14.2. The Hall–Kier alpha value is -3.18. The van der Waals surface area contributed by atoms with E-state index >= 15 is 0 Å². The molecule has 0 saturated carbocycles. The number of benzene rings is 2. The molecular formula is C24H25N3O2. The van der Waals surface area contributed by atoms with E-state index in [0.29, 0.717) is 6.54 Å². The number of allylic oxidation sites excluding steroid dienone is 1. The molecule has 2 heterocycles. The summed E-state index contributed by atoms with van der Waals surface area (Å²) >= 11 is 0. The summed E-state index contributed by atoms with van der Waals surface area (Å²) in [5.41, 5.74) is 4.30. The molecule has 2 aromatic carbocycles. The van der Waals surface area contributed by atoms with E-state index in [0.717, 1.165) is 35.7 Å². The third-order valence-corrected chi connectivity index (χ3v) is 4.95. The number of hydrogen-bond acceptors (Lipinski definition) is 4. The van der Waals surface area contributed by atoms with Crippen molar-refractivity contribution in [3.05, 3.63) is 89.5 Å². The van der Waals surface area contributed by atoms with Gasteiger partial charge in [0.25, 0.3) is 0 Å². The van der Waals surface area contributed by atoms with Crippen LogP contribution >= 0.6 is 0 Å². The van der Waals surface area contributed by atoms with Gasteiger partial charge in [0.1, 0.15) is 5.76 Å². The maximum atomic E-state index is 10.9. The van der Waals surface area contributed by atoms with Crippen LogP contribution in [0.15, 0.2) is 77.8 Å². The molecule has 0 aliphatic carbocycles. The van der Waals surface area contributed by atoms with Crippen LogP contribution < -0.4 is 10.6 Å². The Morgan fingerprint density at radius 3 is 2.72 bits per heavy atom. The highest BCUT2D eigenvalue weighted by Gasteiger charge is 2.30. The molecule has 5 heteroatoms. The van der Waals surface area contributed by atoms with E-state index in [1.807, 2.05) is 24.3 Å². The topological polar surface area (TPSA) is 62.7 Å². The zero-order valence-electron chi connectivity index (χ0n) is 16.5. The van der Waals surface area contributed by atoms with Gasteiger partial charge in [0, 0.05) is 32.1 Å². The van der Waals surface area contributed by atoms with Crippen molar-refractivity contribution in [1.29, 1.82) is 0 Å². The number of amides is 1. The fourth-order valence-corrected chi connectivity index (χ4v) is 3.49. The fraction of sp³-hybridized carbons (Fsp3) is 0.250. The number of carbonyl (C=O) groups excluding carboxylic acids is 1. The van der Waals surface area contributed by atoms with Gasteiger partial charge in [0.15, 0.2) is 6.23 Å². The van der Waals surface area contributed by atoms with Gasteiger partial charge >= 0.3 is 0 Å². The van der Waals surface area contributed by atoms with E-state index < -0.39 is 0 Å². The van der Waals surface area contributed by atoms with Crippen molar-refractivity contribution in [2.45, 2.75) is 19.7 Å². The van der Waals surface area contributed by atoms with E-state index in [-0.39, 0.29) is 18.1 Å². The Labute approximate surface area is 171 Å². The van der Waals surface area contributed by atoms with Crippen LogP contribution in [-0.2, 0) is 16.1 Å². The zero-order valence-corrected chi connectivity index (χ0v) is 16.5. The summed E-state index contributed by atoms with van der Waals surface area (Å²) in [7, 11) is 0. The third kappa shape index (κ3) is 4.81. The van der Waals surface area contributed by atoms with E-state index in [2.05, 4.69) is 59.2 Å². The molecule has 2 aliphatic heterocycles. The fourth-order valence-electron chi connectivity index (χ4n) is 3.49. The molecule has 2 N–H and O–H groups in total. The lowest BCUT2D eigenvalue weighted by Crippen LogP contribution is -2.29. The standard InChI is InChI=1S/C24H25N3O2/c1-17(28)26-13-12-25-16-18-6-5-9-20(14-18)23-15-21-10-11-22(27-24(21)29-23)19-7-3-2-4-8-19/h2-11,14-15,21,24-25H,12-13,16H2,1H3,(H,26,28). The zero-order chi connectivity index (χ0) is 20.1. The first-order valence-electron chi connectivity index (χ1n) is 9.93. The summed E-state index contributed by atoms with van der Waals surface area (Å²) < 4.78 is 6.18. The molecule has 0 radical (unpaired) electrons. The Kier molecular flexibility index (Phi) is 5.86. The van der Waals surface area contributed by atoms with Crippen LogP contribution in [-0.4, -0.2) is 30.9 Å². The second kappa shape index (κ2) is 8.88. The van der Waals surface area contributed by atoms with Crippen molar-refractivity contribution >= 4 is 17.4 Å². The molecule has 148 valence electrons. The summed E-state index contributed by atoms with van der Waals surface area (Å²) in [6, 6.07) is 18.5. The molecule has 0 fully saturated rings. The van der Waals surface area contributed by atoms with E-state index in [4.69, 9.17) is 9.73 Å². The highest BCUT2D eigenvalue weighted by molar-refractivity contribution is 6.09. The van der Waals surface area contributed by atoms with Crippen LogP contribution in [0.1, 0.15) is 23.6 Å². The molecule has 2 aromatic rings. The van der Waals surface area contributed by atoms with Crippen molar-refractivity contribution in [2.75, 3.05) is 13.1 Å². The van der Waals surface area contributed by atoms with Gasteiger partial charge in [-0.1, -0.05) is 54.6 Å². The number of nitrogens with zero attached hydrogens (tertiary/aromatic N) is 1. The SMILES string of the molecule is CC(=O)NCCNCc1cccc(C2=CC3C=CC(c4ccccc4)=NC3O2)c1. The molecule has 4 rings (SSSR count). The number of carbonyl (C=O) groups is 1. The molecule has 5 nitrogen and oxygen atoms in total. The average Bonchev–Trinajstić information content (AvgIpc) is 3.18. The molecule has 2 aliphatic rings. The molecular weight excluding hydrogens is 362 g/mol. The van der Waals surface area contributed by atoms with E-state index in [9.17, 15) is 4.79 Å². The predicted octanol–water partition coefficient (Wildman–Crippen LogP) is 3.28. The average molecular weight is 387 g/mol.